The lowest BCUT2D eigenvalue weighted by Crippen LogP contribution is -2.36. The van der Waals surface area contributed by atoms with Gasteiger partial charge < -0.3 is 15.1 Å². The summed E-state index contributed by atoms with van der Waals surface area (Å²) in [6.07, 6.45) is 8.68. The number of hydrogen-bond acceptors (Lipinski definition) is 4. The van der Waals surface area contributed by atoms with Crippen molar-refractivity contribution >= 4 is 29.2 Å². The van der Waals surface area contributed by atoms with Crippen molar-refractivity contribution in [2.24, 2.45) is 0 Å². The van der Waals surface area contributed by atoms with Crippen molar-refractivity contribution in [3.05, 3.63) is 22.8 Å². The Labute approximate surface area is 159 Å². The van der Waals surface area contributed by atoms with Crippen LogP contribution in [0, 0.1) is 0 Å². The number of carbonyl (C=O) groups excluding carboxylic acids is 2. The Morgan fingerprint density at radius 1 is 1.00 bits per heavy atom. The number of nitrogens with zero attached hydrogens (tertiary/aromatic N) is 3. The average molecular weight is 379 g/mol. The predicted octanol–water partition coefficient (Wildman–Crippen LogP) is 3.18. The zero-order chi connectivity index (χ0) is 18.4. The summed E-state index contributed by atoms with van der Waals surface area (Å²) in [6.45, 7) is 3.82. The van der Waals surface area contributed by atoms with E-state index in [1.54, 1.807) is 12.3 Å². The van der Waals surface area contributed by atoms with E-state index in [1.807, 2.05) is 9.80 Å². The molecule has 2 fully saturated rings. The molecule has 7 heteroatoms. The molecule has 0 unspecified atom stereocenters. The van der Waals surface area contributed by atoms with E-state index < -0.39 is 0 Å². The van der Waals surface area contributed by atoms with E-state index in [-0.39, 0.29) is 11.8 Å². The highest BCUT2D eigenvalue weighted by Crippen LogP contribution is 2.22. The van der Waals surface area contributed by atoms with Gasteiger partial charge in [-0.1, -0.05) is 11.6 Å². The number of halogens is 1. The second kappa shape index (κ2) is 9.21. The van der Waals surface area contributed by atoms with Crippen molar-refractivity contribution in [1.82, 2.24) is 14.8 Å². The minimum Gasteiger partial charge on any atom is -0.368 e. The smallest absolute Gasteiger partial charge is 0.255 e. The van der Waals surface area contributed by atoms with Gasteiger partial charge in [0, 0.05) is 45.3 Å². The van der Waals surface area contributed by atoms with Crippen molar-refractivity contribution < 1.29 is 9.59 Å². The number of nitrogens with one attached hydrogen (secondary N) is 1. The van der Waals surface area contributed by atoms with Crippen molar-refractivity contribution in [3.8, 4) is 0 Å². The van der Waals surface area contributed by atoms with Gasteiger partial charge >= 0.3 is 0 Å². The second-order valence-electron chi connectivity index (χ2n) is 7.03. The molecular formula is C19H27ClN4O2. The molecule has 0 saturated carbocycles. The first-order valence-electron chi connectivity index (χ1n) is 9.61. The molecule has 0 aromatic carbocycles. The van der Waals surface area contributed by atoms with Crippen LogP contribution >= 0.6 is 11.6 Å². The number of hydrogen-bond donors (Lipinski definition) is 1. The Balaban J connectivity index is 1.51. The van der Waals surface area contributed by atoms with E-state index in [2.05, 4.69) is 10.3 Å². The molecule has 0 bridgehead atoms. The zero-order valence-electron chi connectivity index (χ0n) is 15.2. The fourth-order valence-corrected chi connectivity index (χ4v) is 3.79. The van der Waals surface area contributed by atoms with Crippen LogP contribution in [0.1, 0.15) is 55.3 Å². The second-order valence-corrected chi connectivity index (χ2v) is 7.43. The van der Waals surface area contributed by atoms with Crippen molar-refractivity contribution in [1.29, 1.82) is 0 Å². The normalized spacial score (nSPS) is 17.9. The van der Waals surface area contributed by atoms with Gasteiger partial charge in [0.2, 0.25) is 5.91 Å². The topological polar surface area (TPSA) is 65.5 Å². The van der Waals surface area contributed by atoms with E-state index in [9.17, 15) is 9.59 Å². The van der Waals surface area contributed by atoms with E-state index in [4.69, 9.17) is 11.6 Å². The summed E-state index contributed by atoms with van der Waals surface area (Å²) in [7, 11) is 0. The maximum Gasteiger partial charge on any atom is 0.255 e. The largest absolute Gasteiger partial charge is 0.368 e. The Bertz CT molecular complexity index is 640. The van der Waals surface area contributed by atoms with Gasteiger partial charge in [-0.3, -0.25) is 9.59 Å². The van der Waals surface area contributed by atoms with E-state index in [0.717, 1.165) is 51.9 Å². The number of carbonyl (C=O) groups is 2. The summed E-state index contributed by atoms with van der Waals surface area (Å²) >= 11 is 6.29. The number of piperidine rings is 2. The van der Waals surface area contributed by atoms with Crippen LogP contribution in [0.25, 0.3) is 0 Å². The molecular weight excluding hydrogens is 352 g/mol. The molecule has 2 aliphatic rings. The first-order chi connectivity index (χ1) is 12.6. The van der Waals surface area contributed by atoms with Crippen molar-refractivity contribution in [2.45, 2.75) is 44.9 Å². The maximum atomic E-state index is 12.5. The van der Waals surface area contributed by atoms with Gasteiger partial charge in [-0.2, -0.15) is 0 Å². The first kappa shape index (κ1) is 19.0. The fraction of sp³-hybridized carbons (Fsp3) is 0.632. The van der Waals surface area contributed by atoms with Gasteiger partial charge in [0.1, 0.15) is 5.82 Å². The summed E-state index contributed by atoms with van der Waals surface area (Å²) in [5.74, 6) is 0.685. The third-order valence-corrected chi connectivity index (χ3v) is 5.36. The molecule has 6 nitrogen and oxygen atoms in total. The van der Waals surface area contributed by atoms with E-state index in [1.165, 1.54) is 12.8 Å². The molecule has 0 atom stereocenters. The molecule has 1 N–H and O–H groups in total. The molecule has 1 aromatic heterocycles. The standard InChI is InChI=1S/C19H27ClN4O2/c20-16-13-15(19(26)24-11-5-2-6-12-24)14-22-18(16)21-8-7-17(25)23-9-3-1-4-10-23/h13-14H,1-12H2,(H,21,22). The molecule has 0 aliphatic carbocycles. The lowest BCUT2D eigenvalue weighted by molar-refractivity contribution is -0.131. The summed E-state index contributed by atoms with van der Waals surface area (Å²) < 4.78 is 0. The van der Waals surface area contributed by atoms with Crippen LogP contribution in [0.2, 0.25) is 5.02 Å². The van der Waals surface area contributed by atoms with Crippen LogP contribution in [0.3, 0.4) is 0 Å². The lowest BCUT2D eigenvalue weighted by atomic mass is 10.1. The molecule has 3 rings (SSSR count). The number of aromatic nitrogens is 1. The molecule has 142 valence electrons. The molecule has 0 spiro atoms. The van der Waals surface area contributed by atoms with Gasteiger partial charge in [-0.25, -0.2) is 4.98 Å². The predicted molar refractivity (Wildman–Crippen MR) is 103 cm³/mol. The summed E-state index contributed by atoms with van der Waals surface area (Å²) in [5.41, 5.74) is 0.520. The van der Waals surface area contributed by atoms with Gasteiger partial charge in [0.05, 0.1) is 10.6 Å². The van der Waals surface area contributed by atoms with Crippen LogP contribution in [0.5, 0.6) is 0 Å². The number of likely N-dealkylation sites (tertiary alicyclic amines) is 2. The molecule has 2 saturated heterocycles. The monoisotopic (exact) mass is 378 g/mol. The Kier molecular flexibility index (Phi) is 6.72. The van der Waals surface area contributed by atoms with E-state index in [0.29, 0.717) is 29.4 Å². The molecule has 26 heavy (non-hydrogen) atoms. The van der Waals surface area contributed by atoms with Crippen molar-refractivity contribution in [2.75, 3.05) is 38.0 Å². The Hall–Kier alpha value is -1.82. The highest BCUT2D eigenvalue weighted by Gasteiger charge is 2.20. The van der Waals surface area contributed by atoms with Crippen LogP contribution in [0.4, 0.5) is 5.82 Å². The number of pyridine rings is 1. The summed E-state index contributed by atoms with van der Waals surface area (Å²) in [4.78, 5) is 32.8. The summed E-state index contributed by atoms with van der Waals surface area (Å²) in [5, 5.41) is 3.53. The fourth-order valence-electron chi connectivity index (χ4n) is 3.55. The van der Waals surface area contributed by atoms with Crippen LogP contribution in [-0.4, -0.2) is 59.3 Å². The molecule has 2 aliphatic heterocycles. The zero-order valence-corrected chi connectivity index (χ0v) is 15.9. The third kappa shape index (κ3) is 4.87. The van der Waals surface area contributed by atoms with Crippen molar-refractivity contribution in [3.63, 3.8) is 0 Å². The van der Waals surface area contributed by atoms with Crippen LogP contribution in [0.15, 0.2) is 12.3 Å². The summed E-state index contributed by atoms with van der Waals surface area (Å²) in [6, 6.07) is 1.67. The van der Waals surface area contributed by atoms with Gasteiger partial charge in [0.15, 0.2) is 0 Å². The minimum atomic E-state index is -0.00840. The molecule has 2 amide bonds. The van der Waals surface area contributed by atoms with Crippen LogP contribution in [-0.2, 0) is 4.79 Å². The number of anilines is 1. The Morgan fingerprint density at radius 2 is 1.62 bits per heavy atom. The highest BCUT2D eigenvalue weighted by atomic mass is 35.5. The molecule has 0 radical (unpaired) electrons. The molecule has 1 aromatic rings. The van der Waals surface area contributed by atoms with E-state index >= 15 is 0 Å². The third-order valence-electron chi connectivity index (χ3n) is 5.07. The lowest BCUT2D eigenvalue weighted by Gasteiger charge is -2.27. The Morgan fingerprint density at radius 3 is 2.23 bits per heavy atom. The average Bonchev–Trinajstić information content (AvgIpc) is 2.70. The quantitative estimate of drug-likeness (QED) is 0.854. The molecule has 3 heterocycles. The number of rotatable bonds is 5. The maximum absolute atomic E-state index is 12.5. The minimum absolute atomic E-state index is 0.00840. The SMILES string of the molecule is O=C(CCNc1ncc(C(=O)N2CCCCC2)cc1Cl)N1CCCCC1. The number of amides is 2. The van der Waals surface area contributed by atoms with Gasteiger partial charge in [0.25, 0.3) is 5.91 Å². The first-order valence-corrected chi connectivity index (χ1v) is 9.99. The van der Waals surface area contributed by atoms with Gasteiger partial charge in [-0.05, 0) is 44.6 Å². The van der Waals surface area contributed by atoms with Gasteiger partial charge in [-0.15, -0.1) is 0 Å². The van der Waals surface area contributed by atoms with Crippen LogP contribution < -0.4 is 5.32 Å². The highest BCUT2D eigenvalue weighted by molar-refractivity contribution is 6.33.